The average Bonchev–Trinajstić information content (AvgIpc) is 2.48. The fraction of sp³-hybridized carbons (Fsp3) is 0.529. The second kappa shape index (κ2) is 7.89. The third kappa shape index (κ3) is 5.75. The van der Waals surface area contributed by atoms with Crippen LogP contribution >= 0.6 is 0 Å². The summed E-state index contributed by atoms with van der Waals surface area (Å²) in [6, 6.07) is 9.88. The lowest BCUT2D eigenvalue weighted by atomic mass is 10.1. The van der Waals surface area contributed by atoms with Crippen molar-refractivity contribution in [3.05, 3.63) is 47.7 Å². The van der Waals surface area contributed by atoms with Crippen LogP contribution < -0.4 is 0 Å². The Morgan fingerprint density at radius 1 is 1.24 bits per heavy atom. The minimum absolute atomic E-state index is 0.393. The number of aliphatic hydroxyl groups is 1. The van der Waals surface area contributed by atoms with E-state index in [1.165, 1.54) is 6.17 Å². The van der Waals surface area contributed by atoms with Crippen LogP contribution in [0.5, 0.6) is 0 Å². The molecule has 1 heterocycles. The normalized spacial score (nSPS) is 19.0. The Morgan fingerprint density at radius 2 is 1.90 bits per heavy atom. The molecule has 0 aromatic heterocycles. The van der Waals surface area contributed by atoms with Crippen LogP contribution in [0.4, 0.5) is 0 Å². The molecule has 1 fully saturated rings. The first-order valence-corrected chi connectivity index (χ1v) is 11.1. The summed E-state index contributed by atoms with van der Waals surface area (Å²) >= 11 is 0. The highest BCUT2D eigenvalue weighted by Crippen LogP contribution is 2.17. The van der Waals surface area contributed by atoms with E-state index in [1.54, 1.807) is 0 Å². The van der Waals surface area contributed by atoms with Gasteiger partial charge in [0.15, 0.2) is 0 Å². The smallest absolute Gasteiger partial charge is 0.0857 e. The standard InChI is InChI=1S/C17H27NO2Si/c1-21(2,15-18-10-12-20-13-11-18)14-6-9-17(19)16-7-4-3-5-8-16/h3-8,14,17,19H,9-13,15H2,1-2H3/b14-6+. The Balaban J connectivity index is 1.81. The van der Waals surface area contributed by atoms with E-state index in [0.29, 0.717) is 6.42 Å². The molecule has 116 valence electrons. The highest BCUT2D eigenvalue weighted by atomic mass is 28.3. The highest BCUT2D eigenvalue weighted by molar-refractivity contribution is 6.82. The molecule has 3 nitrogen and oxygen atoms in total. The first-order chi connectivity index (χ1) is 10.1. The number of rotatable bonds is 6. The molecule has 1 aliphatic rings. The summed E-state index contributed by atoms with van der Waals surface area (Å²) in [5.41, 5.74) is 3.36. The number of benzene rings is 1. The van der Waals surface area contributed by atoms with Gasteiger partial charge in [0.05, 0.1) is 27.4 Å². The Kier molecular flexibility index (Phi) is 6.17. The number of ether oxygens (including phenoxy) is 1. The van der Waals surface area contributed by atoms with E-state index in [-0.39, 0.29) is 0 Å². The predicted octanol–water partition coefficient (Wildman–Crippen LogP) is 2.79. The van der Waals surface area contributed by atoms with Crippen molar-refractivity contribution in [1.82, 2.24) is 4.90 Å². The number of aliphatic hydroxyl groups excluding tert-OH is 1. The number of hydrogen-bond donors (Lipinski definition) is 1. The molecule has 1 aliphatic heterocycles. The Bertz CT molecular complexity index is 441. The van der Waals surface area contributed by atoms with Crippen molar-refractivity contribution in [1.29, 1.82) is 0 Å². The quantitative estimate of drug-likeness (QED) is 0.820. The van der Waals surface area contributed by atoms with Gasteiger partial charge in [-0.2, -0.15) is 0 Å². The van der Waals surface area contributed by atoms with Crippen LogP contribution in [0.3, 0.4) is 0 Å². The van der Waals surface area contributed by atoms with E-state index in [1.807, 2.05) is 30.3 Å². The van der Waals surface area contributed by atoms with Crippen molar-refractivity contribution >= 4 is 8.07 Å². The molecule has 0 spiro atoms. The van der Waals surface area contributed by atoms with Gasteiger partial charge in [-0.25, -0.2) is 0 Å². The van der Waals surface area contributed by atoms with Crippen molar-refractivity contribution in [2.75, 3.05) is 32.5 Å². The van der Waals surface area contributed by atoms with Crippen LogP contribution in [-0.2, 0) is 4.74 Å². The fourth-order valence-electron chi connectivity index (χ4n) is 2.72. The van der Waals surface area contributed by atoms with E-state index in [2.05, 4.69) is 29.8 Å². The van der Waals surface area contributed by atoms with Gasteiger partial charge in [0.25, 0.3) is 0 Å². The van der Waals surface area contributed by atoms with Gasteiger partial charge in [-0.05, 0) is 18.2 Å². The maximum Gasteiger partial charge on any atom is 0.0857 e. The minimum Gasteiger partial charge on any atom is -0.388 e. The SMILES string of the molecule is C[Si](C)(/C=C/CC(O)c1ccccc1)CN1CCOCC1. The largest absolute Gasteiger partial charge is 0.388 e. The summed E-state index contributed by atoms with van der Waals surface area (Å²) in [6.45, 7) is 8.59. The topological polar surface area (TPSA) is 32.7 Å². The zero-order chi connectivity index (χ0) is 15.1. The van der Waals surface area contributed by atoms with E-state index in [9.17, 15) is 5.11 Å². The van der Waals surface area contributed by atoms with E-state index in [0.717, 1.165) is 31.9 Å². The Hall–Kier alpha value is -0.943. The summed E-state index contributed by atoms with van der Waals surface area (Å²) in [5, 5.41) is 10.2. The van der Waals surface area contributed by atoms with Crippen LogP contribution in [0.2, 0.25) is 13.1 Å². The van der Waals surface area contributed by atoms with Crippen LogP contribution in [0.25, 0.3) is 0 Å². The number of hydrogen-bond acceptors (Lipinski definition) is 3. The number of nitrogens with zero attached hydrogens (tertiary/aromatic N) is 1. The monoisotopic (exact) mass is 305 g/mol. The third-order valence-corrected chi connectivity index (χ3v) is 6.25. The molecule has 0 bridgehead atoms. The van der Waals surface area contributed by atoms with Gasteiger partial charge in [-0.15, -0.1) is 0 Å². The molecule has 0 aliphatic carbocycles. The van der Waals surface area contributed by atoms with Gasteiger partial charge in [0.1, 0.15) is 0 Å². The first-order valence-electron chi connectivity index (χ1n) is 7.78. The zero-order valence-electron chi connectivity index (χ0n) is 13.2. The summed E-state index contributed by atoms with van der Waals surface area (Å²) in [5.74, 6) is 0. The van der Waals surface area contributed by atoms with Crippen LogP contribution in [0.1, 0.15) is 18.1 Å². The maximum absolute atomic E-state index is 10.2. The molecule has 1 aromatic rings. The average molecular weight is 305 g/mol. The molecule has 1 N–H and O–H groups in total. The molecule has 0 amide bonds. The second-order valence-electron chi connectivity index (χ2n) is 6.44. The third-order valence-electron chi connectivity index (χ3n) is 3.85. The lowest BCUT2D eigenvalue weighted by molar-refractivity contribution is 0.0456. The first kappa shape index (κ1) is 16.4. The summed E-state index contributed by atoms with van der Waals surface area (Å²) in [6.07, 6.45) is 3.65. The van der Waals surface area contributed by atoms with E-state index < -0.39 is 14.2 Å². The van der Waals surface area contributed by atoms with E-state index in [4.69, 9.17) is 4.74 Å². The zero-order valence-corrected chi connectivity index (χ0v) is 14.2. The molecule has 2 rings (SSSR count). The van der Waals surface area contributed by atoms with E-state index >= 15 is 0 Å². The highest BCUT2D eigenvalue weighted by Gasteiger charge is 2.22. The molecule has 0 saturated carbocycles. The van der Waals surface area contributed by atoms with Crippen LogP contribution in [0, 0.1) is 0 Å². The predicted molar refractivity (Wildman–Crippen MR) is 89.9 cm³/mol. The molecule has 1 atom stereocenters. The molecular weight excluding hydrogens is 278 g/mol. The van der Waals surface area contributed by atoms with Gasteiger partial charge < -0.3 is 14.7 Å². The fourth-order valence-corrected chi connectivity index (χ4v) is 5.06. The lowest BCUT2D eigenvalue weighted by Crippen LogP contribution is -2.46. The molecule has 0 radical (unpaired) electrons. The summed E-state index contributed by atoms with van der Waals surface area (Å²) in [7, 11) is -1.38. The molecule has 21 heavy (non-hydrogen) atoms. The molecule has 4 heteroatoms. The van der Waals surface area contributed by atoms with Gasteiger partial charge in [0.2, 0.25) is 0 Å². The van der Waals surface area contributed by atoms with Crippen molar-refractivity contribution in [2.45, 2.75) is 25.6 Å². The maximum atomic E-state index is 10.2. The van der Waals surface area contributed by atoms with Crippen LogP contribution in [-0.4, -0.2) is 50.6 Å². The van der Waals surface area contributed by atoms with Gasteiger partial charge >= 0.3 is 0 Å². The second-order valence-corrected chi connectivity index (χ2v) is 11.1. The van der Waals surface area contributed by atoms with Gasteiger partial charge in [-0.1, -0.05) is 55.2 Å². The van der Waals surface area contributed by atoms with Crippen molar-refractivity contribution in [3.63, 3.8) is 0 Å². The van der Waals surface area contributed by atoms with Crippen molar-refractivity contribution in [2.24, 2.45) is 0 Å². The van der Waals surface area contributed by atoms with Gasteiger partial charge in [-0.3, -0.25) is 0 Å². The van der Waals surface area contributed by atoms with Crippen molar-refractivity contribution < 1.29 is 9.84 Å². The molecule has 1 aromatic carbocycles. The Morgan fingerprint density at radius 3 is 2.57 bits per heavy atom. The van der Waals surface area contributed by atoms with Crippen molar-refractivity contribution in [3.8, 4) is 0 Å². The van der Waals surface area contributed by atoms with Gasteiger partial charge in [0, 0.05) is 13.1 Å². The summed E-state index contributed by atoms with van der Waals surface area (Å²) in [4.78, 5) is 2.51. The Labute approximate surface area is 129 Å². The molecular formula is C17H27NO2Si. The number of morpholine rings is 1. The molecule has 1 unspecified atom stereocenters. The van der Waals surface area contributed by atoms with Crippen LogP contribution in [0.15, 0.2) is 42.1 Å². The minimum atomic E-state index is -1.38. The lowest BCUT2D eigenvalue weighted by Gasteiger charge is -2.32. The molecule has 1 saturated heterocycles. The summed E-state index contributed by atoms with van der Waals surface area (Å²) < 4.78 is 5.40.